The largest absolute Gasteiger partial charge is 0.443 e. The molecular formula is C16H15NO4S. The first kappa shape index (κ1) is 15.8. The Kier molecular flexibility index (Phi) is 5.32. The number of carbonyl (C=O) groups is 2. The topological polar surface area (TPSA) is 55.8 Å². The lowest BCUT2D eigenvalue weighted by atomic mass is 10.2. The van der Waals surface area contributed by atoms with Crippen LogP contribution in [0.2, 0.25) is 0 Å². The number of hydrogen-bond acceptors (Lipinski definition) is 5. The predicted octanol–water partition coefficient (Wildman–Crippen LogP) is 3.73. The van der Waals surface area contributed by atoms with Crippen LogP contribution in [0.25, 0.3) is 6.08 Å². The van der Waals surface area contributed by atoms with Crippen LogP contribution in [0.3, 0.4) is 0 Å². The minimum atomic E-state index is -0.738. The van der Waals surface area contributed by atoms with Gasteiger partial charge in [-0.1, -0.05) is 43.0 Å². The Hall–Kier alpha value is -2.60. The molecule has 0 radical (unpaired) electrons. The van der Waals surface area contributed by atoms with E-state index in [0.29, 0.717) is 4.88 Å². The van der Waals surface area contributed by atoms with E-state index in [-0.39, 0.29) is 6.61 Å². The summed E-state index contributed by atoms with van der Waals surface area (Å²) in [5.74, 6) is -0.614. The van der Waals surface area contributed by atoms with Crippen LogP contribution < -0.4 is 0 Å². The number of rotatable bonds is 4. The molecule has 2 rings (SSSR count). The zero-order valence-corrected chi connectivity index (χ0v) is 12.8. The first-order chi connectivity index (χ1) is 10.6. The van der Waals surface area contributed by atoms with Crippen molar-refractivity contribution < 1.29 is 19.2 Å². The average molecular weight is 317 g/mol. The first-order valence-electron chi connectivity index (χ1n) is 6.48. The molecule has 0 atom stereocenters. The molecule has 0 spiro atoms. The minimum Gasteiger partial charge on any atom is -0.442 e. The number of carbonyl (C=O) groups excluding carboxylic acids is 2. The standard InChI is InChI=1S/C16H15NO4S/c1-3-12-9-14(22-11-12)15(18)21-17(2)16(19)20-10-13-7-5-4-6-8-13/h3-9,11H,1,10H2,2H3. The first-order valence-corrected chi connectivity index (χ1v) is 7.36. The van der Waals surface area contributed by atoms with Crippen LogP contribution in [0, 0.1) is 0 Å². The second kappa shape index (κ2) is 7.42. The number of nitrogens with zero attached hydrogens (tertiary/aromatic N) is 1. The molecule has 1 amide bonds. The molecule has 0 saturated heterocycles. The number of amides is 1. The van der Waals surface area contributed by atoms with Crippen molar-refractivity contribution in [3.63, 3.8) is 0 Å². The average Bonchev–Trinajstić information content (AvgIpc) is 3.02. The second-order valence-electron chi connectivity index (χ2n) is 4.36. The Labute approximate surface area is 132 Å². The van der Waals surface area contributed by atoms with E-state index in [9.17, 15) is 9.59 Å². The van der Waals surface area contributed by atoms with Gasteiger partial charge in [0, 0.05) is 0 Å². The van der Waals surface area contributed by atoms with Gasteiger partial charge in [-0.3, -0.25) is 0 Å². The molecule has 0 aliphatic carbocycles. The number of hydrogen-bond donors (Lipinski definition) is 0. The van der Waals surface area contributed by atoms with Crippen molar-refractivity contribution in [3.05, 3.63) is 64.4 Å². The van der Waals surface area contributed by atoms with E-state index in [1.165, 1.54) is 18.4 Å². The molecule has 0 fully saturated rings. The van der Waals surface area contributed by atoms with Crippen LogP contribution in [0.1, 0.15) is 20.8 Å². The summed E-state index contributed by atoms with van der Waals surface area (Å²) in [5.41, 5.74) is 1.68. The number of ether oxygens (including phenoxy) is 1. The van der Waals surface area contributed by atoms with Gasteiger partial charge in [-0.2, -0.15) is 0 Å². The molecular weight excluding hydrogens is 302 g/mol. The van der Waals surface area contributed by atoms with Crippen molar-refractivity contribution >= 4 is 29.5 Å². The molecule has 1 aromatic heterocycles. The molecule has 1 aromatic carbocycles. The fraction of sp³-hybridized carbons (Fsp3) is 0.125. The van der Waals surface area contributed by atoms with E-state index in [1.807, 2.05) is 30.3 Å². The molecule has 5 nitrogen and oxygen atoms in total. The van der Waals surface area contributed by atoms with Gasteiger partial charge in [-0.25, -0.2) is 9.59 Å². The molecule has 0 saturated carbocycles. The third-order valence-corrected chi connectivity index (χ3v) is 3.67. The summed E-state index contributed by atoms with van der Waals surface area (Å²) in [6.45, 7) is 3.73. The summed E-state index contributed by atoms with van der Waals surface area (Å²) in [4.78, 5) is 29.0. The maximum Gasteiger partial charge on any atom is 0.443 e. The van der Waals surface area contributed by atoms with Crippen LogP contribution in [-0.2, 0) is 16.2 Å². The molecule has 0 bridgehead atoms. The molecule has 0 N–H and O–H groups in total. The van der Waals surface area contributed by atoms with Crippen LogP contribution >= 0.6 is 11.3 Å². The summed E-state index contributed by atoms with van der Waals surface area (Å²) >= 11 is 1.22. The van der Waals surface area contributed by atoms with E-state index < -0.39 is 12.1 Å². The van der Waals surface area contributed by atoms with Gasteiger partial charge in [-0.05, 0) is 22.6 Å². The normalized spacial score (nSPS) is 9.86. The van der Waals surface area contributed by atoms with Gasteiger partial charge in [0.1, 0.15) is 11.5 Å². The number of benzene rings is 1. The fourth-order valence-corrected chi connectivity index (χ4v) is 2.35. The zero-order chi connectivity index (χ0) is 15.9. The van der Waals surface area contributed by atoms with E-state index >= 15 is 0 Å². The lowest BCUT2D eigenvalue weighted by Crippen LogP contribution is -2.30. The van der Waals surface area contributed by atoms with E-state index in [0.717, 1.165) is 16.2 Å². The van der Waals surface area contributed by atoms with Crippen LogP contribution in [-0.4, -0.2) is 24.2 Å². The van der Waals surface area contributed by atoms with Crippen molar-refractivity contribution in [2.24, 2.45) is 0 Å². The highest BCUT2D eigenvalue weighted by Crippen LogP contribution is 2.17. The Morgan fingerprint density at radius 1 is 1.32 bits per heavy atom. The third-order valence-electron chi connectivity index (χ3n) is 2.74. The van der Waals surface area contributed by atoms with Crippen LogP contribution in [0.5, 0.6) is 0 Å². The Bertz CT molecular complexity index is 666. The summed E-state index contributed by atoms with van der Waals surface area (Å²) < 4.78 is 5.05. The molecule has 0 unspecified atom stereocenters. The van der Waals surface area contributed by atoms with Gasteiger partial charge in [0.2, 0.25) is 0 Å². The highest BCUT2D eigenvalue weighted by atomic mass is 32.1. The summed E-state index contributed by atoms with van der Waals surface area (Å²) in [6, 6.07) is 10.9. The van der Waals surface area contributed by atoms with E-state index in [4.69, 9.17) is 9.57 Å². The van der Waals surface area contributed by atoms with Crippen LogP contribution in [0.4, 0.5) is 4.79 Å². The number of hydroxylamine groups is 2. The predicted molar refractivity (Wildman–Crippen MR) is 84.2 cm³/mol. The highest BCUT2D eigenvalue weighted by molar-refractivity contribution is 7.12. The van der Waals surface area contributed by atoms with Crippen molar-refractivity contribution in [1.29, 1.82) is 0 Å². The minimum absolute atomic E-state index is 0.112. The number of thiophene rings is 1. The lowest BCUT2D eigenvalue weighted by molar-refractivity contribution is -0.0787. The van der Waals surface area contributed by atoms with Crippen molar-refractivity contribution in [3.8, 4) is 0 Å². The maximum absolute atomic E-state index is 11.9. The van der Waals surface area contributed by atoms with E-state index in [1.54, 1.807) is 17.5 Å². The van der Waals surface area contributed by atoms with Crippen LogP contribution in [0.15, 0.2) is 48.4 Å². The Balaban J connectivity index is 1.85. The summed E-state index contributed by atoms with van der Waals surface area (Å²) in [6.07, 6.45) is 0.892. The molecule has 22 heavy (non-hydrogen) atoms. The molecule has 0 aliphatic heterocycles. The Morgan fingerprint density at radius 3 is 2.68 bits per heavy atom. The lowest BCUT2D eigenvalue weighted by Gasteiger charge is -2.15. The van der Waals surface area contributed by atoms with Gasteiger partial charge in [0.05, 0.1) is 7.05 Å². The van der Waals surface area contributed by atoms with Gasteiger partial charge >= 0.3 is 12.1 Å². The monoisotopic (exact) mass is 317 g/mol. The zero-order valence-electron chi connectivity index (χ0n) is 12.0. The fourth-order valence-electron chi connectivity index (χ4n) is 1.58. The third kappa shape index (κ3) is 4.20. The van der Waals surface area contributed by atoms with Gasteiger partial charge in [-0.15, -0.1) is 16.4 Å². The van der Waals surface area contributed by atoms with Gasteiger partial charge in [0.25, 0.3) is 0 Å². The molecule has 114 valence electrons. The van der Waals surface area contributed by atoms with Crippen molar-refractivity contribution in [1.82, 2.24) is 5.06 Å². The smallest absolute Gasteiger partial charge is 0.442 e. The summed E-state index contributed by atoms with van der Waals surface area (Å²) in [5, 5.41) is 2.55. The quantitative estimate of drug-likeness (QED) is 0.806. The maximum atomic E-state index is 11.9. The van der Waals surface area contributed by atoms with Crippen molar-refractivity contribution in [2.75, 3.05) is 7.05 Å². The molecule has 2 aromatic rings. The van der Waals surface area contributed by atoms with E-state index in [2.05, 4.69) is 6.58 Å². The molecule has 0 aliphatic rings. The summed E-state index contributed by atoms with van der Waals surface area (Å²) in [7, 11) is 1.33. The van der Waals surface area contributed by atoms with Gasteiger partial charge < -0.3 is 9.57 Å². The second-order valence-corrected chi connectivity index (χ2v) is 5.28. The molecule has 1 heterocycles. The van der Waals surface area contributed by atoms with Gasteiger partial charge in [0.15, 0.2) is 0 Å². The SMILES string of the molecule is C=Cc1csc(C(=O)ON(C)C(=O)OCc2ccccc2)c1. The van der Waals surface area contributed by atoms with Crippen molar-refractivity contribution in [2.45, 2.75) is 6.61 Å². The highest BCUT2D eigenvalue weighted by Gasteiger charge is 2.18. The Morgan fingerprint density at radius 2 is 2.05 bits per heavy atom. The molecule has 6 heteroatoms.